The number of fused-ring (bicyclic) bond motifs is 4. The summed E-state index contributed by atoms with van der Waals surface area (Å²) in [5.74, 6) is -0.160. The minimum Gasteiger partial charge on any atom is -0.493 e. The number of esters is 1. The Kier molecular flexibility index (Phi) is 6.72. The van der Waals surface area contributed by atoms with Crippen LogP contribution < -0.4 is 14.5 Å². The van der Waals surface area contributed by atoms with Crippen LogP contribution in [0.5, 0.6) is 5.75 Å². The summed E-state index contributed by atoms with van der Waals surface area (Å²) < 4.78 is 16.7. The predicted molar refractivity (Wildman–Crippen MR) is 153 cm³/mol. The number of morpholine rings is 1. The lowest BCUT2D eigenvalue weighted by molar-refractivity contribution is 0.0405. The summed E-state index contributed by atoms with van der Waals surface area (Å²) in [5.41, 5.74) is 3.69. The molecule has 2 aliphatic heterocycles. The molecule has 0 N–H and O–H groups in total. The Balaban J connectivity index is 1.39. The lowest BCUT2D eigenvalue weighted by atomic mass is 9.94. The maximum Gasteiger partial charge on any atom is 0.366 e. The number of benzene rings is 1. The molecule has 12 nitrogen and oxygen atoms in total. The molecule has 0 aliphatic carbocycles. The molecule has 1 aromatic carbocycles. The lowest BCUT2D eigenvalue weighted by Crippen LogP contribution is -2.37. The van der Waals surface area contributed by atoms with E-state index in [2.05, 4.69) is 26.3 Å². The van der Waals surface area contributed by atoms with Crippen molar-refractivity contribution in [2.45, 2.75) is 6.42 Å². The fraction of sp³-hybridized carbons (Fsp3) is 0.241. The summed E-state index contributed by atoms with van der Waals surface area (Å²) in [6.07, 6.45) is 2.28. The van der Waals surface area contributed by atoms with E-state index in [1.54, 1.807) is 47.9 Å². The van der Waals surface area contributed by atoms with Crippen molar-refractivity contribution < 1.29 is 28.6 Å². The Bertz CT molecular complexity index is 1830. The van der Waals surface area contributed by atoms with Gasteiger partial charge in [-0.05, 0) is 63.5 Å². The highest BCUT2D eigenvalue weighted by Crippen LogP contribution is 2.43. The van der Waals surface area contributed by atoms with Gasteiger partial charge in [0.15, 0.2) is 5.69 Å². The van der Waals surface area contributed by atoms with Gasteiger partial charge in [0.1, 0.15) is 17.1 Å². The van der Waals surface area contributed by atoms with Gasteiger partial charge in [0.05, 0.1) is 32.5 Å². The second kappa shape index (κ2) is 10.8. The van der Waals surface area contributed by atoms with Crippen molar-refractivity contribution in [3.63, 3.8) is 0 Å². The smallest absolute Gasteiger partial charge is 0.366 e. The number of anilines is 1. The number of hydrogen-bond acceptors (Lipinski definition) is 12. The monoisotopic (exact) mass is 584 g/mol. The molecule has 42 heavy (non-hydrogen) atoms. The molecule has 0 atom stereocenters. The van der Waals surface area contributed by atoms with Crippen molar-refractivity contribution in [2.24, 2.45) is 0 Å². The molecule has 0 saturated carbocycles. The summed E-state index contributed by atoms with van der Waals surface area (Å²) in [6, 6.07) is 12.6. The minimum absolute atomic E-state index is 0.0637. The number of aromatic nitrogens is 5. The number of carbonyl (C=O) groups is 2. The number of ether oxygens (including phenoxy) is 3. The largest absolute Gasteiger partial charge is 0.493 e. The quantitative estimate of drug-likeness (QED) is 0.222. The Hall–Kier alpha value is -4.88. The average molecular weight is 585 g/mol. The second-order valence-corrected chi connectivity index (χ2v) is 10.5. The molecule has 6 heterocycles. The van der Waals surface area contributed by atoms with Crippen LogP contribution in [0.4, 0.5) is 5.82 Å². The molecular formula is C29H24N6O6S. The van der Waals surface area contributed by atoms with Crippen LogP contribution in [0.2, 0.25) is 0 Å². The van der Waals surface area contributed by atoms with E-state index in [1.165, 1.54) is 7.11 Å². The van der Waals surface area contributed by atoms with E-state index in [4.69, 9.17) is 19.0 Å². The third-order valence-corrected chi connectivity index (χ3v) is 8.18. The average Bonchev–Trinajstić information content (AvgIpc) is 3.63. The van der Waals surface area contributed by atoms with Gasteiger partial charge in [-0.15, -0.1) is 16.4 Å². The Morgan fingerprint density at radius 1 is 1.00 bits per heavy atom. The van der Waals surface area contributed by atoms with Crippen LogP contribution in [0.25, 0.3) is 32.7 Å². The molecule has 0 amide bonds. The molecule has 1 fully saturated rings. The SMILES string of the molecule is COC(=O)c1nc(N2CCOCC2)ccc1-c1cc2c(cc1C(=O)On1nnc3cccnc31)-c1sccc1CCO2. The molecule has 0 unspecified atom stereocenters. The molecule has 0 spiro atoms. The Morgan fingerprint density at radius 3 is 2.74 bits per heavy atom. The number of rotatable bonds is 5. The van der Waals surface area contributed by atoms with Crippen LogP contribution in [-0.4, -0.2) is 77.1 Å². The first kappa shape index (κ1) is 26.0. The van der Waals surface area contributed by atoms with E-state index in [0.29, 0.717) is 61.1 Å². The zero-order chi connectivity index (χ0) is 28.6. The number of nitrogens with zero attached hydrogens (tertiary/aromatic N) is 6. The normalized spacial score (nSPS) is 14.5. The van der Waals surface area contributed by atoms with Crippen LogP contribution in [0.1, 0.15) is 26.4 Å². The summed E-state index contributed by atoms with van der Waals surface area (Å²) in [6.45, 7) is 2.87. The third-order valence-electron chi connectivity index (χ3n) is 7.19. The predicted octanol–water partition coefficient (Wildman–Crippen LogP) is 3.44. The van der Waals surface area contributed by atoms with Crippen LogP contribution in [0.15, 0.2) is 54.0 Å². The first-order valence-corrected chi connectivity index (χ1v) is 14.2. The maximum absolute atomic E-state index is 13.9. The zero-order valence-electron chi connectivity index (χ0n) is 22.5. The van der Waals surface area contributed by atoms with Gasteiger partial charge in [-0.3, -0.25) is 0 Å². The molecule has 7 rings (SSSR count). The molecule has 13 heteroatoms. The van der Waals surface area contributed by atoms with E-state index >= 15 is 0 Å². The van der Waals surface area contributed by atoms with E-state index in [0.717, 1.165) is 27.3 Å². The van der Waals surface area contributed by atoms with Crippen LogP contribution in [-0.2, 0) is 15.9 Å². The van der Waals surface area contributed by atoms with E-state index < -0.39 is 11.9 Å². The summed E-state index contributed by atoms with van der Waals surface area (Å²) in [7, 11) is 1.30. The fourth-order valence-corrected chi connectivity index (χ4v) is 6.11. The minimum atomic E-state index is -0.722. The lowest BCUT2D eigenvalue weighted by Gasteiger charge is -2.28. The van der Waals surface area contributed by atoms with Gasteiger partial charge < -0.3 is 23.9 Å². The van der Waals surface area contributed by atoms with Gasteiger partial charge >= 0.3 is 11.9 Å². The Morgan fingerprint density at radius 2 is 1.88 bits per heavy atom. The van der Waals surface area contributed by atoms with Gasteiger partial charge in [0, 0.05) is 47.3 Å². The van der Waals surface area contributed by atoms with Gasteiger partial charge in [0.25, 0.3) is 0 Å². The molecule has 4 aromatic heterocycles. The highest BCUT2D eigenvalue weighted by Gasteiger charge is 2.28. The summed E-state index contributed by atoms with van der Waals surface area (Å²) >= 11 is 1.57. The third kappa shape index (κ3) is 4.62. The first-order valence-electron chi connectivity index (χ1n) is 13.3. The van der Waals surface area contributed by atoms with Crippen molar-refractivity contribution >= 4 is 40.3 Å². The zero-order valence-corrected chi connectivity index (χ0v) is 23.3. The number of carbonyl (C=O) groups excluding carboxylic acids is 2. The highest BCUT2D eigenvalue weighted by molar-refractivity contribution is 7.13. The van der Waals surface area contributed by atoms with Gasteiger partial charge in [-0.1, -0.05) is 0 Å². The van der Waals surface area contributed by atoms with E-state index in [1.807, 2.05) is 16.3 Å². The molecular weight excluding hydrogens is 560 g/mol. The second-order valence-electron chi connectivity index (χ2n) is 9.61. The number of pyridine rings is 2. The maximum atomic E-state index is 13.9. The molecule has 5 aromatic rings. The number of hydrogen-bond donors (Lipinski definition) is 0. The molecule has 1 saturated heterocycles. The number of methoxy groups -OCH3 is 1. The van der Waals surface area contributed by atoms with Crippen LogP contribution >= 0.6 is 11.3 Å². The van der Waals surface area contributed by atoms with Gasteiger partial charge in [0.2, 0.25) is 5.65 Å². The van der Waals surface area contributed by atoms with Gasteiger partial charge in [-0.25, -0.2) is 19.6 Å². The van der Waals surface area contributed by atoms with Crippen molar-refractivity contribution in [1.82, 2.24) is 25.1 Å². The molecule has 0 bridgehead atoms. The fourth-order valence-electron chi connectivity index (χ4n) is 5.13. The van der Waals surface area contributed by atoms with Gasteiger partial charge in [-0.2, -0.15) is 0 Å². The molecule has 0 radical (unpaired) electrons. The topological polar surface area (TPSA) is 131 Å². The van der Waals surface area contributed by atoms with Crippen molar-refractivity contribution in [1.29, 1.82) is 0 Å². The summed E-state index contributed by atoms with van der Waals surface area (Å²) in [5, 5.41) is 9.99. The highest BCUT2D eigenvalue weighted by atomic mass is 32.1. The molecule has 2 aliphatic rings. The standard InChI is InChI=1S/C29H24N6O6S/c1-38-29(37)25-18(4-5-24(31-25)34-9-12-39-13-10-34)19-16-23-21(26-17(6-11-40-23)7-14-42-26)15-20(19)28(36)41-35-27-22(32-33-35)3-2-8-30-27/h2-5,7-8,14-16H,6,9-13H2,1H3. The summed E-state index contributed by atoms with van der Waals surface area (Å²) in [4.78, 5) is 45.6. The van der Waals surface area contributed by atoms with Crippen LogP contribution in [0.3, 0.4) is 0 Å². The first-order chi connectivity index (χ1) is 20.6. The number of thiophene rings is 1. The van der Waals surface area contributed by atoms with Crippen LogP contribution in [0, 0.1) is 0 Å². The van der Waals surface area contributed by atoms with Crippen molar-refractivity contribution in [2.75, 3.05) is 44.9 Å². The van der Waals surface area contributed by atoms with E-state index in [9.17, 15) is 9.59 Å². The molecule has 212 valence electrons. The Labute approximate surface area is 243 Å². The van der Waals surface area contributed by atoms with E-state index in [-0.39, 0.29) is 16.9 Å². The van der Waals surface area contributed by atoms with Crippen molar-refractivity contribution in [3.05, 3.63) is 70.9 Å². The van der Waals surface area contributed by atoms with Crippen molar-refractivity contribution in [3.8, 4) is 27.3 Å².